The zero-order valence-corrected chi connectivity index (χ0v) is 14.3. The summed E-state index contributed by atoms with van der Waals surface area (Å²) in [5, 5.41) is 10.1. The molecule has 0 aliphatic carbocycles. The van der Waals surface area contributed by atoms with Gasteiger partial charge in [-0.2, -0.15) is 0 Å². The van der Waals surface area contributed by atoms with Gasteiger partial charge in [0.25, 0.3) is 0 Å². The Balaban J connectivity index is 2.54. The zero-order valence-electron chi connectivity index (χ0n) is 13.5. The summed E-state index contributed by atoms with van der Waals surface area (Å²) in [6, 6.07) is 6.19. The third-order valence-corrected chi connectivity index (χ3v) is 4.78. The molecule has 0 bridgehead atoms. The van der Waals surface area contributed by atoms with Gasteiger partial charge in [-0.3, -0.25) is 4.79 Å². The largest absolute Gasteiger partial charge is 0.481 e. The molecule has 0 saturated carbocycles. The van der Waals surface area contributed by atoms with E-state index < -0.39 is 5.97 Å². The number of aryl methyl sites for hydroxylation is 2. The first-order valence-corrected chi connectivity index (χ1v) is 8.32. The Hall–Kier alpha value is -1.88. The van der Waals surface area contributed by atoms with Crippen molar-refractivity contribution < 1.29 is 9.90 Å². The fraction of sp³-hybridized carbons (Fsp3) is 0.412. The first-order chi connectivity index (χ1) is 10.5. The summed E-state index contributed by atoms with van der Waals surface area (Å²) in [6.07, 6.45) is 0.0155. The summed E-state index contributed by atoms with van der Waals surface area (Å²) in [7, 11) is 0. The Morgan fingerprint density at radius 2 is 1.95 bits per heavy atom. The van der Waals surface area contributed by atoms with Crippen LogP contribution in [0.4, 0.5) is 5.13 Å². The number of carboxylic acid groups (broad SMARTS) is 1. The number of benzene rings is 1. The molecule has 0 amide bonds. The average Bonchev–Trinajstić information content (AvgIpc) is 2.83. The van der Waals surface area contributed by atoms with Crippen molar-refractivity contribution in [2.75, 3.05) is 18.0 Å². The van der Waals surface area contributed by atoms with E-state index in [4.69, 9.17) is 4.98 Å². The van der Waals surface area contributed by atoms with Crippen LogP contribution in [-0.4, -0.2) is 29.1 Å². The molecule has 0 unspecified atom stereocenters. The van der Waals surface area contributed by atoms with Crippen molar-refractivity contribution in [1.82, 2.24) is 4.98 Å². The van der Waals surface area contributed by atoms with Gasteiger partial charge >= 0.3 is 5.97 Å². The van der Waals surface area contributed by atoms with E-state index in [0.717, 1.165) is 39.9 Å². The van der Waals surface area contributed by atoms with Crippen LogP contribution < -0.4 is 4.90 Å². The van der Waals surface area contributed by atoms with Gasteiger partial charge < -0.3 is 10.0 Å². The maximum Gasteiger partial charge on any atom is 0.308 e. The minimum absolute atomic E-state index is 0.0155. The van der Waals surface area contributed by atoms with E-state index in [-0.39, 0.29) is 6.42 Å². The highest BCUT2D eigenvalue weighted by Crippen LogP contribution is 2.35. The van der Waals surface area contributed by atoms with Crippen LogP contribution in [0, 0.1) is 13.8 Å². The maximum atomic E-state index is 11.2. The molecule has 1 heterocycles. The quantitative estimate of drug-likeness (QED) is 0.877. The lowest BCUT2D eigenvalue weighted by Gasteiger charge is -2.16. The van der Waals surface area contributed by atoms with Gasteiger partial charge in [-0.15, -0.1) is 11.3 Å². The molecule has 1 aromatic carbocycles. The fourth-order valence-corrected chi connectivity index (χ4v) is 3.71. The molecule has 0 atom stereocenters. The molecule has 0 spiro atoms. The Morgan fingerprint density at radius 3 is 2.50 bits per heavy atom. The van der Waals surface area contributed by atoms with Gasteiger partial charge in [0.15, 0.2) is 5.13 Å². The Labute approximate surface area is 135 Å². The monoisotopic (exact) mass is 318 g/mol. The van der Waals surface area contributed by atoms with Crippen LogP contribution in [0.1, 0.15) is 29.9 Å². The number of carbonyl (C=O) groups is 1. The van der Waals surface area contributed by atoms with Crippen LogP contribution in [0.2, 0.25) is 0 Å². The molecule has 22 heavy (non-hydrogen) atoms. The third-order valence-electron chi connectivity index (χ3n) is 3.67. The number of aliphatic carboxylic acids is 1. The number of hydrogen-bond donors (Lipinski definition) is 1. The number of nitrogens with zero attached hydrogens (tertiary/aromatic N) is 2. The predicted molar refractivity (Wildman–Crippen MR) is 91.9 cm³/mol. The lowest BCUT2D eigenvalue weighted by Crippen LogP contribution is -2.21. The van der Waals surface area contributed by atoms with E-state index in [1.807, 2.05) is 19.1 Å². The van der Waals surface area contributed by atoms with E-state index in [1.54, 1.807) is 0 Å². The number of thiazole rings is 1. The Bertz CT molecular complexity index is 675. The number of carboxylic acids is 1. The predicted octanol–water partition coefficient (Wildman–Crippen LogP) is 3.90. The lowest BCUT2D eigenvalue weighted by molar-refractivity contribution is -0.136. The minimum atomic E-state index is -0.819. The molecule has 5 heteroatoms. The van der Waals surface area contributed by atoms with Crippen molar-refractivity contribution in [3.63, 3.8) is 0 Å². The summed E-state index contributed by atoms with van der Waals surface area (Å²) >= 11 is 1.49. The fourth-order valence-electron chi connectivity index (χ4n) is 2.52. The average molecular weight is 318 g/mol. The summed E-state index contributed by atoms with van der Waals surface area (Å²) in [4.78, 5) is 18.9. The summed E-state index contributed by atoms with van der Waals surface area (Å²) < 4.78 is 0. The third kappa shape index (κ3) is 3.47. The second kappa shape index (κ2) is 6.92. The molecule has 2 rings (SSSR count). The van der Waals surface area contributed by atoms with Crippen molar-refractivity contribution in [3.8, 4) is 11.3 Å². The zero-order chi connectivity index (χ0) is 16.3. The summed E-state index contributed by atoms with van der Waals surface area (Å²) in [5.41, 5.74) is 4.16. The van der Waals surface area contributed by atoms with Gasteiger partial charge in [0.05, 0.1) is 12.1 Å². The van der Waals surface area contributed by atoms with Gasteiger partial charge in [0.1, 0.15) is 0 Å². The SMILES string of the molecule is CCN(CC)c1nc(-c2ccc(C)cc2C)c(CC(=O)O)s1. The van der Waals surface area contributed by atoms with Crippen LogP contribution >= 0.6 is 11.3 Å². The molecule has 0 radical (unpaired) electrons. The molecule has 1 N–H and O–H groups in total. The van der Waals surface area contributed by atoms with Crippen molar-refractivity contribution in [2.24, 2.45) is 0 Å². The van der Waals surface area contributed by atoms with E-state index in [9.17, 15) is 9.90 Å². The Kier molecular flexibility index (Phi) is 5.19. The molecule has 4 nitrogen and oxygen atoms in total. The molecular formula is C17H22N2O2S. The molecule has 0 saturated heterocycles. The van der Waals surface area contributed by atoms with Crippen molar-refractivity contribution >= 4 is 22.4 Å². The summed E-state index contributed by atoms with van der Waals surface area (Å²) in [5.74, 6) is -0.819. The first kappa shape index (κ1) is 16.5. The van der Waals surface area contributed by atoms with Crippen LogP contribution in [0.5, 0.6) is 0 Å². The van der Waals surface area contributed by atoms with Crippen molar-refractivity contribution in [3.05, 3.63) is 34.2 Å². The smallest absolute Gasteiger partial charge is 0.308 e. The van der Waals surface area contributed by atoms with E-state index >= 15 is 0 Å². The second-order valence-corrected chi connectivity index (χ2v) is 6.39. The molecule has 0 aliphatic rings. The standard InChI is InChI=1S/C17H22N2O2S/c1-5-19(6-2)17-18-16(14(22-17)10-15(20)21)13-8-7-11(3)9-12(13)4/h7-9H,5-6,10H2,1-4H3,(H,20,21). The lowest BCUT2D eigenvalue weighted by atomic mass is 10.0. The van der Waals surface area contributed by atoms with Crippen molar-refractivity contribution in [2.45, 2.75) is 34.1 Å². The maximum absolute atomic E-state index is 11.2. The number of rotatable bonds is 6. The van der Waals surface area contributed by atoms with Gasteiger partial charge in [-0.1, -0.05) is 23.8 Å². The molecule has 0 aliphatic heterocycles. The topological polar surface area (TPSA) is 53.4 Å². The van der Waals surface area contributed by atoms with E-state index in [0.29, 0.717) is 0 Å². The normalized spacial score (nSPS) is 10.7. The van der Waals surface area contributed by atoms with Gasteiger partial charge in [0.2, 0.25) is 0 Å². The van der Waals surface area contributed by atoms with Gasteiger partial charge in [-0.25, -0.2) is 4.98 Å². The Morgan fingerprint density at radius 1 is 1.27 bits per heavy atom. The minimum Gasteiger partial charge on any atom is -0.481 e. The first-order valence-electron chi connectivity index (χ1n) is 7.50. The molecule has 1 aromatic heterocycles. The van der Waals surface area contributed by atoms with Crippen molar-refractivity contribution in [1.29, 1.82) is 0 Å². The van der Waals surface area contributed by atoms with Gasteiger partial charge in [-0.05, 0) is 33.3 Å². The van der Waals surface area contributed by atoms with E-state index in [1.165, 1.54) is 16.9 Å². The van der Waals surface area contributed by atoms with Crippen LogP contribution in [-0.2, 0) is 11.2 Å². The van der Waals surface area contributed by atoms with Crippen LogP contribution in [0.15, 0.2) is 18.2 Å². The number of aromatic nitrogens is 1. The van der Waals surface area contributed by atoms with Gasteiger partial charge in [0, 0.05) is 23.5 Å². The van der Waals surface area contributed by atoms with Crippen LogP contribution in [0.25, 0.3) is 11.3 Å². The highest BCUT2D eigenvalue weighted by molar-refractivity contribution is 7.16. The second-order valence-electron chi connectivity index (χ2n) is 5.33. The molecule has 0 fully saturated rings. The highest BCUT2D eigenvalue weighted by Gasteiger charge is 2.19. The number of hydrogen-bond acceptors (Lipinski definition) is 4. The molecule has 118 valence electrons. The highest BCUT2D eigenvalue weighted by atomic mass is 32.1. The summed E-state index contributed by atoms with van der Waals surface area (Å²) in [6.45, 7) is 9.99. The molecular weight excluding hydrogens is 296 g/mol. The van der Waals surface area contributed by atoms with Crippen LogP contribution in [0.3, 0.4) is 0 Å². The number of anilines is 1. The molecule has 2 aromatic rings. The van der Waals surface area contributed by atoms with E-state index in [2.05, 4.69) is 31.7 Å².